The monoisotopic (exact) mass is 413 g/mol. The minimum absolute atomic E-state index is 0.179. The van der Waals surface area contributed by atoms with E-state index in [2.05, 4.69) is 26.9 Å². The fraction of sp³-hybridized carbons (Fsp3) is 0.435. The Morgan fingerprint density at radius 1 is 1.00 bits per heavy atom. The summed E-state index contributed by atoms with van der Waals surface area (Å²) >= 11 is 2.06. The molecule has 1 N–H and O–H groups in total. The van der Waals surface area contributed by atoms with Crippen molar-refractivity contribution in [1.29, 1.82) is 0 Å². The van der Waals surface area contributed by atoms with Gasteiger partial charge in [-0.15, -0.1) is 0 Å². The number of nitrogens with one attached hydrogen (secondary N) is 1. The Hall–Kier alpha value is -2.05. The van der Waals surface area contributed by atoms with Gasteiger partial charge in [0, 0.05) is 67.1 Å². The molecule has 4 nitrogen and oxygen atoms in total. The third-order valence-electron chi connectivity index (χ3n) is 5.92. The molecule has 0 spiro atoms. The van der Waals surface area contributed by atoms with Crippen LogP contribution >= 0.6 is 11.8 Å². The minimum Gasteiger partial charge on any atom is -0.371 e. The van der Waals surface area contributed by atoms with Crippen LogP contribution in [0.3, 0.4) is 0 Å². The van der Waals surface area contributed by atoms with Crippen molar-refractivity contribution in [3.05, 3.63) is 65.5 Å². The molecule has 1 amide bonds. The van der Waals surface area contributed by atoms with Crippen LogP contribution in [0.4, 0.5) is 10.1 Å². The number of anilines is 1. The van der Waals surface area contributed by atoms with Crippen LogP contribution in [0.2, 0.25) is 0 Å². The molecule has 2 fully saturated rings. The number of nitrogens with zero attached hydrogens (tertiary/aromatic N) is 2. The van der Waals surface area contributed by atoms with E-state index in [1.165, 1.54) is 49.2 Å². The Morgan fingerprint density at radius 2 is 1.69 bits per heavy atom. The normalized spacial score (nSPS) is 18.6. The van der Waals surface area contributed by atoms with E-state index in [0.29, 0.717) is 11.1 Å². The molecular weight excluding hydrogens is 385 g/mol. The zero-order valence-corrected chi connectivity index (χ0v) is 17.5. The molecule has 6 heteroatoms. The maximum Gasteiger partial charge on any atom is 0.251 e. The fourth-order valence-corrected chi connectivity index (χ4v) is 5.11. The number of hydrogen-bond acceptors (Lipinski definition) is 4. The summed E-state index contributed by atoms with van der Waals surface area (Å²) in [5.74, 6) is 2.05. The third kappa shape index (κ3) is 5.11. The largest absolute Gasteiger partial charge is 0.371 e. The van der Waals surface area contributed by atoms with Gasteiger partial charge in [0.2, 0.25) is 0 Å². The first-order valence-corrected chi connectivity index (χ1v) is 11.5. The van der Waals surface area contributed by atoms with Gasteiger partial charge in [0.1, 0.15) is 5.82 Å². The molecule has 2 heterocycles. The molecule has 2 aromatic carbocycles. The summed E-state index contributed by atoms with van der Waals surface area (Å²) in [5, 5.41) is 2.80. The number of amides is 1. The van der Waals surface area contributed by atoms with Crippen LogP contribution in [0.25, 0.3) is 0 Å². The molecule has 4 rings (SSSR count). The molecule has 2 aromatic rings. The van der Waals surface area contributed by atoms with Crippen molar-refractivity contribution in [2.75, 3.05) is 42.6 Å². The number of piperidine rings is 1. The highest BCUT2D eigenvalue weighted by molar-refractivity contribution is 7.99. The summed E-state index contributed by atoms with van der Waals surface area (Å²) in [6, 6.07) is 15.0. The predicted octanol–water partition coefficient (Wildman–Crippen LogP) is 3.77. The number of carbonyl (C=O) groups is 1. The SMILES string of the molecule is O=C(NCc1ccccc1F)c1ccc(N2CCC(N3CCSCC3)CC2)cc1. The molecule has 29 heavy (non-hydrogen) atoms. The van der Waals surface area contributed by atoms with Gasteiger partial charge in [-0.2, -0.15) is 11.8 Å². The first-order valence-electron chi connectivity index (χ1n) is 10.4. The second kappa shape index (κ2) is 9.63. The number of carbonyl (C=O) groups excluding carboxylic acids is 1. The molecule has 0 aliphatic carbocycles. The van der Waals surface area contributed by atoms with E-state index in [9.17, 15) is 9.18 Å². The van der Waals surface area contributed by atoms with Gasteiger partial charge in [-0.1, -0.05) is 18.2 Å². The number of halogens is 1. The minimum atomic E-state index is -0.296. The maximum atomic E-state index is 13.7. The summed E-state index contributed by atoms with van der Waals surface area (Å²) in [5.41, 5.74) is 2.27. The molecule has 0 radical (unpaired) electrons. The summed E-state index contributed by atoms with van der Waals surface area (Å²) in [6.07, 6.45) is 2.41. The lowest BCUT2D eigenvalue weighted by atomic mass is 10.0. The fourth-order valence-electron chi connectivity index (χ4n) is 4.17. The quantitative estimate of drug-likeness (QED) is 0.809. The van der Waals surface area contributed by atoms with Crippen molar-refractivity contribution in [3.8, 4) is 0 Å². The van der Waals surface area contributed by atoms with Crippen molar-refractivity contribution < 1.29 is 9.18 Å². The standard InChI is InChI=1S/C23H28FN3OS/c24-22-4-2-1-3-19(22)17-25-23(28)18-5-7-20(8-6-18)26-11-9-21(10-12-26)27-13-15-29-16-14-27/h1-8,21H,9-17H2,(H,25,28). The summed E-state index contributed by atoms with van der Waals surface area (Å²) in [6.45, 7) is 4.77. The summed E-state index contributed by atoms with van der Waals surface area (Å²) in [4.78, 5) is 17.5. The van der Waals surface area contributed by atoms with Crippen LogP contribution < -0.4 is 10.2 Å². The average Bonchev–Trinajstić information content (AvgIpc) is 2.79. The Labute approximate surface area is 176 Å². The molecule has 0 saturated carbocycles. The van der Waals surface area contributed by atoms with Crippen molar-refractivity contribution in [2.24, 2.45) is 0 Å². The van der Waals surface area contributed by atoms with Gasteiger partial charge in [-0.05, 0) is 43.2 Å². The molecular formula is C23H28FN3OS. The number of hydrogen-bond donors (Lipinski definition) is 1. The van der Waals surface area contributed by atoms with Gasteiger partial charge in [0.05, 0.1) is 0 Å². The summed E-state index contributed by atoms with van der Waals surface area (Å²) in [7, 11) is 0. The highest BCUT2D eigenvalue weighted by Gasteiger charge is 2.25. The van der Waals surface area contributed by atoms with Crippen LogP contribution in [-0.2, 0) is 6.54 Å². The average molecular weight is 414 g/mol. The zero-order valence-electron chi connectivity index (χ0n) is 16.6. The van der Waals surface area contributed by atoms with Crippen molar-refractivity contribution in [2.45, 2.75) is 25.4 Å². The number of benzene rings is 2. The smallest absolute Gasteiger partial charge is 0.251 e. The van der Waals surface area contributed by atoms with E-state index < -0.39 is 0 Å². The highest BCUT2D eigenvalue weighted by atomic mass is 32.2. The summed E-state index contributed by atoms with van der Waals surface area (Å²) < 4.78 is 13.7. The highest BCUT2D eigenvalue weighted by Crippen LogP contribution is 2.24. The lowest BCUT2D eigenvalue weighted by Gasteiger charge is -2.40. The van der Waals surface area contributed by atoms with Gasteiger partial charge < -0.3 is 10.2 Å². The Kier molecular flexibility index (Phi) is 6.72. The van der Waals surface area contributed by atoms with E-state index in [1.54, 1.807) is 18.2 Å². The van der Waals surface area contributed by atoms with E-state index in [0.717, 1.165) is 19.1 Å². The van der Waals surface area contributed by atoms with Gasteiger partial charge in [0.25, 0.3) is 5.91 Å². The second-order valence-electron chi connectivity index (χ2n) is 7.69. The molecule has 2 saturated heterocycles. The predicted molar refractivity (Wildman–Crippen MR) is 118 cm³/mol. The molecule has 154 valence electrons. The molecule has 0 bridgehead atoms. The zero-order chi connectivity index (χ0) is 20.1. The van der Waals surface area contributed by atoms with Gasteiger partial charge >= 0.3 is 0 Å². The van der Waals surface area contributed by atoms with Crippen LogP contribution in [0.1, 0.15) is 28.8 Å². The lowest BCUT2D eigenvalue weighted by Crippen LogP contribution is -2.47. The Bertz CT molecular complexity index is 815. The first kappa shape index (κ1) is 20.2. The molecule has 2 aliphatic heterocycles. The van der Waals surface area contributed by atoms with Gasteiger partial charge in [0.15, 0.2) is 0 Å². The van der Waals surface area contributed by atoms with Gasteiger partial charge in [-0.25, -0.2) is 4.39 Å². The van der Waals surface area contributed by atoms with E-state index in [4.69, 9.17) is 0 Å². The van der Waals surface area contributed by atoms with Crippen molar-refractivity contribution >= 4 is 23.4 Å². The Morgan fingerprint density at radius 3 is 2.38 bits per heavy atom. The molecule has 0 atom stereocenters. The van der Waals surface area contributed by atoms with Crippen molar-refractivity contribution in [1.82, 2.24) is 10.2 Å². The number of rotatable bonds is 5. The van der Waals surface area contributed by atoms with Crippen LogP contribution in [0, 0.1) is 5.82 Å². The van der Waals surface area contributed by atoms with Crippen LogP contribution in [0.15, 0.2) is 48.5 Å². The topological polar surface area (TPSA) is 35.6 Å². The molecule has 2 aliphatic rings. The van der Waals surface area contributed by atoms with E-state index >= 15 is 0 Å². The third-order valence-corrected chi connectivity index (χ3v) is 6.86. The van der Waals surface area contributed by atoms with Gasteiger partial charge in [-0.3, -0.25) is 9.69 Å². The lowest BCUT2D eigenvalue weighted by molar-refractivity contribution is 0.0950. The van der Waals surface area contributed by atoms with Crippen LogP contribution in [0.5, 0.6) is 0 Å². The molecule has 0 aromatic heterocycles. The number of thioether (sulfide) groups is 1. The van der Waals surface area contributed by atoms with Crippen molar-refractivity contribution in [3.63, 3.8) is 0 Å². The Balaban J connectivity index is 1.29. The molecule has 0 unspecified atom stereocenters. The van der Waals surface area contributed by atoms with Crippen LogP contribution in [-0.4, -0.2) is 54.5 Å². The first-order chi connectivity index (χ1) is 14.2. The second-order valence-corrected chi connectivity index (χ2v) is 8.91. The van der Waals surface area contributed by atoms with E-state index in [1.807, 2.05) is 24.3 Å². The maximum absolute atomic E-state index is 13.7. The van der Waals surface area contributed by atoms with E-state index in [-0.39, 0.29) is 18.3 Å².